The van der Waals surface area contributed by atoms with Crippen molar-refractivity contribution in [3.05, 3.63) is 84.9 Å². The lowest BCUT2D eigenvalue weighted by Gasteiger charge is -2.06. The molecule has 2 aromatic carbocycles. The zero-order chi connectivity index (χ0) is 17.8. The van der Waals surface area contributed by atoms with E-state index in [0.717, 1.165) is 35.0 Å². The summed E-state index contributed by atoms with van der Waals surface area (Å²) in [6, 6.07) is 20.1. The van der Waals surface area contributed by atoms with Gasteiger partial charge in [0.05, 0.1) is 11.0 Å². The van der Waals surface area contributed by atoms with Crippen LogP contribution in [0.5, 0.6) is 0 Å². The normalized spacial score (nSPS) is 10.9. The Labute approximate surface area is 152 Å². The zero-order valence-electron chi connectivity index (χ0n) is 14.4. The standard InChI is InChI=1S/C22H19N3O/c26-22(10-4-8-17-6-2-1-3-7-17)25-16-24-20-12-11-18(14-21(20)25)19-9-5-13-23-15-19/h1-3,5-7,9,11-16H,4,8,10H2. The van der Waals surface area contributed by atoms with E-state index in [-0.39, 0.29) is 5.91 Å². The number of rotatable bonds is 5. The van der Waals surface area contributed by atoms with Crippen LogP contribution in [0.1, 0.15) is 23.2 Å². The van der Waals surface area contributed by atoms with Crippen molar-refractivity contribution in [2.75, 3.05) is 0 Å². The van der Waals surface area contributed by atoms with Gasteiger partial charge in [-0.15, -0.1) is 0 Å². The molecule has 4 aromatic rings. The summed E-state index contributed by atoms with van der Waals surface area (Å²) in [6.07, 6.45) is 7.43. The van der Waals surface area contributed by atoms with Gasteiger partial charge in [0.2, 0.25) is 5.91 Å². The lowest BCUT2D eigenvalue weighted by molar-refractivity contribution is 0.0905. The van der Waals surface area contributed by atoms with E-state index < -0.39 is 0 Å². The molecule has 0 radical (unpaired) electrons. The Hall–Kier alpha value is -3.27. The van der Waals surface area contributed by atoms with Crippen LogP contribution in [0.4, 0.5) is 0 Å². The number of fused-ring (bicyclic) bond motifs is 1. The highest BCUT2D eigenvalue weighted by Gasteiger charge is 2.11. The number of nitrogens with zero attached hydrogens (tertiary/aromatic N) is 3. The molecule has 0 fully saturated rings. The van der Waals surface area contributed by atoms with Crippen LogP contribution in [0.3, 0.4) is 0 Å². The van der Waals surface area contributed by atoms with Gasteiger partial charge in [-0.3, -0.25) is 14.3 Å². The Bertz CT molecular complexity index is 1020. The predicted octanol–water partition coefficient (Wildman–Crippen LogP) is 4.76. The van der Waals surface area contributed by atoms with Crippen LogP contribution in [-0.2, 0) is 6.42 Å². The topological polar surface area (TPSA) is 47.8 Å². The Kier molecular flexibility index (Phi) is 4.56. The van der Waals surface area contributed by atoms with E-state index in [1.807, 2.05) is 54.7 Å². The quantitative estimate of drug-likeness (QED) is 0.526. The van der Waals surface area contributed by atoms with Crippen molar-refractivity contribution in [2.45, 2.75) is 19.3 Å². The third kappa shape index (κ3) is 3.40. The fourth-order valence-corrected chi connectivity index (χ4v) is 3.13. The van der Waals surface area contributed by atoms with Crippen molar-refractivity contribution in [3.8, 4) is 11.1 Å². The van der Waals surface area contributed by atoms with Gasteiger partial charge in [0, 0.05) is 24.4 Å². The van der Waals surface area contributed by atoms with Gasteiger partial charge >= 0.3 is 0 Å². The highest BCUT2D eigenvalue weighted by Crippen LogP contribution is 2.23. The molecule has 0 spiro atoms. The predicted molar refractivity (Wildman–Crippen MR) is 103 cm³/mol. The van der Waals surface area contributed by atoms with Gasteiger partial charge in [-0.25, -0.2) is 4.98 Å². The first kappa shape index (κ1) is 16.2. The average Bonchev–Trinajstić information content (AvgIpc) is 3.13. The molecule has 0 amide bonds. The SMILES string of the molecule is O=C(CCCc1ccccc1)n1cnc2ccc(-c3cccnc3)cc21. The molecule has 0 saturated carbocycles. The molecular formula is C22H19N3O. The molecule has 0 bridgehead atoms. The number of hydrogen-bond donors (Lipinski definition) is 0. The first-order valence-corrected chi connectivity index (χ1v) is 8.76. The van der Waals surface area contributed by atoms with Crippen LogP contribution in [-0.4, -0.2) is 20.4 Å². The Morgan fingerprint density at radius 3 is 2.65 bits per heavy atom. The maximum absolute atomic E-state index is 12.7. The molecule has 2 aromatic heterocycles. The maximum atomic E-state index is 12.7. The van der Waals surface area contributed by atoms with Crippen LogP contribution in [0.25, 0.3) is 22.2 Å². The molecule has 26 heavy (non-hydrogen) atoms. The second-order valence-electron chi connectivity index (χ2n) is 6.29. The number of carbonyl (C=O) groups is 1. The van der Waals surface area contributed by atoms with Crippen molar-refractivity contribution < 1.29 is 4.79 Å². The fraction of sp³-hybridized carbons (Fsp3) is 0.136. The zero-order valence-corrected chi connectivity index (χ0v) is 14.4. The summed E-state index contributed by atoms with van der Waals surface area (Å²) in [5, 5.41) is 0. The van der Waals surface area contributed by atoms with Gasteiger partial charge in [0.15, 0.2) is 0 Å². The van der Waals surface area contributed by atoms with Crippen molar-refractivity contribution in [1.82, 2.24) is 14.5 Å². The largest absolute Gasteiger partial charge is 0.274 e. The van der Waals surface area contributed by atoms with Crippen LogP contribution < -0.4 is 0 Å². The molecule has 2 heterocycles. The molecular weight excluding hydrogens is 322 g/mol. The van der Waals surface area contributed by atoms with Crippen LogP contribution >= 0.6 is 0 Å². The van der Waals surface area contributed by atoms with Gasteiger partial charge in [0.25, 0.3) is 0 Å². The highest BCUT2D eigenvalue weighted by atomic mass is 16.2. The smallest absolute Gasteiger partial charge is 0.232 e. The number of aryl methyl sites for hydroxylation is 1. The third-order valence-electron chi connectivity index (χ3n) is 4.51. The van der Waals surface area contributed by atoms with Gasteiger partial charge in [-0.2, -0.15) is 0 Å². The van der Waals surface area contributed by atoms with E-state index in [1.54, 1.807) is 17.1 Å². The second-order valence-corrected chi connectivity index (χ2v) is 6.29. The number of carbonyl (C=O) groups excluding carboxylic acids is 1. The molecule has 0 aliphatic rings. The highest BCUT2D eigenvalue weighted by molar-refractivity contribution is 5.92. The number of hydrogen-bond acceptors (Lipinski definition) is 3. The molecule has 4 nitrogen and oxygen atoms in total. The summed E-state index contributed by atoms with van der Waals surface area (Å²) >= 11 is 0. The van der Waals surface area contributed by atoms with Gasteiger partial charge < -0.3 is 0 Å². The number of imidazole rings is 1. The van der Waals surface area contributed by atoms with E-state index in [9.17, 15) is 4.79 Å². The van der Waals surface area contributed by atoms with Gasteiger partial charge in [0.1, 0.15) is 6.33 Å². The van der Waals surface area contributed by atoms with Gasteiger partial charge in [-0.1, -0.05) is 42.5 Å². The number of aromatic nitrogens is 3. The first-order valence-electron chi connectivity index (χ1n) is 8.76. The summed E-state index contributed by atoms with van der Waals surface area (Å²) in [7, 11) is 0. The van der Waals surface area contributed by atoms with E-state index in [4.69, 9.17) is 0 Å². The minimum Gasteiger partial charge on any atom is -0.274 e. The molecule has 0 aliphatic heterocycles. The van der Waals surface area contributed by atoms with Crippen LogP contribution in [0, 0.1) is 0 Å². The lowest BCUT2D eigenvalue weighted by atomic mass is 10.1. The van der Waals surface area contributed by atoms with E-state index >= 15 is 0 Å². The Morgan fingerprint density at radius 1 is 0.962 bits per heavy atom. The van der Waals surface area contributed by atoms with E-state index in [1.165, 1.54) is 5.56 Å². The number of benzene rings is 2. The summed E-state index contributed by atoms with van der Waals surface area (Å²) in [5.74, 6) is 0.0757. The average molecular weight is 341 g/mol. The van der Waals surface area contributed by atoms with Crippen molar-refractivity contribution in [1.29, 1.82) is 0 Å². The molecule has 0 atom stereocenters. The lowest BCUT2D eigenvalue weighted by Crippen LogP contribution is -2.09. The first-order chi connectivity index (χ1) is 12.8. The molecule has 0 N–H and O–H groups in total. The molecule has 0 aliphatic carbocycles. The minimum atomic E-state index is 0.0757. The summed E-state index contributed by atoms with van der Waals surface area (Å²) in [6.45, 7) is 0. The van der Waals surface area contributed by atoms with Crippen LogP contribution in [0.2, 0.25) is 0 Å². The van der Waals surface area contributed by atoms with Gasteiger partial charge in [-0.05, 0) is 42.2 Å². The number of pyridine rings is 1. The molecule has 0 saturated heterocycles. The van der Waals surface area contributed by atoms with E-state index in [2.05, 4.69) is 22.1 Å². The van der Waals surface area contributed by atoms with E-state index in [0.29, 0.717) is 6.42 Å². The van der Waals surface area contributed by atoms with Crippen molar-refractivity contribution in [3.63, 3.8) is 0 Å². The molecule has 4 rings (SSSR count). The maximum Gasteiger partial charge on any atom is 0.232 e. The second kappa shape index (κ2) is 7.31. The minimum absolute atomic E-state index is 0.0757. The fourth-order valence-electron chi connectivity index (χ4n) is 3.13. The molecule has 0 unspecified atom stereocenters. The summed E-state index contributed by atoms with van der Waals surface area (Å²) < 4.78 is 1.67. The summed E-state index contributed by atoms with van der Waals surface area (Å²) in [5.41, 5.74) is 4.99. The Morgan fingerprint density at radius 2 is 1.85 bits per heavy atom. The molecule has 4 heteroatoms. The third-order valence-corrected chi connectivity index (χ3v) is 4.51. The summed E-state index contributed by atoms with van der Waals surface area (Å²) in [4.78, 5) is 21.2. The van der Waals surface area contributed by atoms with Crippen molar-refractivity contribution in [2.24, 2.45) is 0 Å². The van der Waals surface area contributed by atoms with Crippen molar-refractivity contribution >= 4 is 16.9 Å². The Balaban J connectivity index is 1.53. The molecule has 128 valence electrons. The van der Waals surface area contributed by atoms with Crippen LogP contribution in [0.15, 0.2) is 79.4 Å². The monoisotopic (exact) mass is 341 g/mol.